The zero-order chi connectivity index (χ0) is 10.9. The minimum absolute atomic E-state index is 0.164. The third-order valence-electron chi connectivity index (χ3n) is 2.88. The fourth-order valence-electron chi connectivity index (χ4n) is 1.58. The summed E-state index contributed by atoms with van der Waals surface area (Å²) in [6.45, 7) is 1.41. The van der Waals surface area contributed by atoms with Gasteiger partial charge in [0.15, 0.2) is 0 Å². The lowest BCUT2D eigenvalue weighted by atomic mass is 10.1. The average Bonchev–Trinajstić information content (AvgIpc) is 2.99. The first-order valence-electron chi connectivity index (χ1n) is 5.11. The Morgan fingerprint density at radius 2 is 2.13 bits per heavy atom. The number of nitrogens with one attached hydrogen (secondary N) is 1. The lowest BCUT2D eigenvalue weighted by Gasteiger charge is -2.14. The topological polar surface area (TPSA) is 29.1 Å². The number of carbonyl (C=O) groups is 1. The SMILES string of the molecule is Cc1ccccc1C(=O)NC1(CF)CC1. The van der Waals surface area contributed by atoms with Crippen LogP contribution in [0.2, 0.25) is 0 Å². The largest absolute Gasteiger partial charge is 0.344 e. The van der Waals surface area contributed by atoms with E-state index in [9.17, 15) is 9.18 Å². The Kier molecular flexibility index (Phi) is 2.47. The number of halogens is 1. The molecule has 0 bridgehead atoms. The predicted molar refractivity (Wildman–Crippen MR) is 56.6 cm³/mol. The number of benzene rings is 1. The highest BCUT2D eigenvalue weighted by Crippen LogP contribution is 2.35. The van der Waals surface area contributed by atoms with E-state index < -0.39 is 12.2 Å². The molecule has 3 heteroatoms. The summed E-state index contributed by atoms with van der Waals surface area (Å²) in [4.78, 5) is 11.8. The van der Waals surface area contributed by atoms with Crippen LogP contribution >= 0.6 is 0 Å². The molecule has 15 heavy (non-hydrogen) atoms. The quantitative estimate of drug-likeness (QED) is 0.809. The van der Waals surface area contributed by atoms with Crippen LogP contribution in [0.15, 0.2) is 24.3 Å². The van der Waals surface area contributed by atoms with Crippen LogP contribution in [0.3, 0.4) is 0 Å². The molecule has 1 fully saturated rings. The van der Waals surface area contributed by atoms with Crippen molar-refractivity contribution < 1.29 is 9.18 Å². The van der Waals surface area contributed by atoms with Crippen LogP contribution in [-0.2, 0) is 0 Å². The van der Waals surface area contributed by atoms with Gasteiger partial charge < -0.3 is 5.32 Å². The molecule has 80 valence electrons. The maximum absolute atomic E-state index is 12.6. The van der Waals surface area contributed by atoms with Gasteiger partial charge in [0.05, 0.1) is 5.54 Å². The molecular formula is C12H14FNO. The maximum Gasteiger partial charge on any atom is 0.252 e. The fourth-order valence-corrected chi connectivity index (χ4v) is 1.58. The molecular weight excluding hydrogens is 193 g/mol. The summed E-state index contributed by atoms with van der Waals surface area (Å²) in [5.41, 5.74) is 1.00. The van der Waals surface area contributed by atoms with E-state index in [1.54, 1.807) is 6.07 Å². The van der Waals surface area contributed by atoms with E-state index in [4.69, 9.17) is 0 Å². The van der Waals surface area contributed by atoms with Crippen molar-refractivity contribution in [1.82, 2.24) is 5.32 Å². The first-order chi connectivity index (χ1) is 7.17. The van der Waals surface area contributed by atoms with Crippen molar-refractivity contribution in [3.63, 3.8) is 0 Å². The smallest absolute Gasteiger partial charge is 0.252 e. The van der Waals surface area contributed by atoms with Gasteiger partial charge in [-0.25, -0.2) is 4.39 Å². The van der Waals surface area contributed by atoms with E-state index in [0.717, 1.165) is 18.4 Å². The Bertz CT molecular complexity index is 385. The van der Waals surface area contributed by atoms with Crippen molar-refractivity contribution in [2.24, 2.45) is 0 Å². The summed E-state index contributed by atoms with van der Waals surface area (Å²) in [6, 6.07) is 7.34. The summed E-state index contributed by atoms with van der Waals surface area (Å²) in [6.07, 6.45) is 1.50. The summed E-state index contributed by atoms with van der Waals surface area (Å²) in [5.74, 6) is -0.164. The molecule has 1 aliphatic carbocycles. The van der Waals surface area contributed by atoms with Crippen molar-refractivity contribution in [2.75, 3.05) is 6.67 Å². The van der Waals surface area contributed by atoms with Crippen molar-refractivity contribution in [3.8, 4) is 0 Å². The van der Waals surface area contributed by atoms with Crippen LogP contribution in [0.4, 0.5) is 4.39 Å². The number of amides is 1. The van der Waals surface area contributed by atoms with Gasteiger partial charge >= 0.3 is 0 Å². The van der Waals surface area contributed by atoms with E-state index >= 15 is 0 Å². The highest BCUT2D eigenvalue weighted by atomic mass is 19.1. The number of alkyl halides is 1. The van der Waals surface area contributed by atoms with Crippen LogP contribution in [0, 0.1) is 6.92 Å². The Hall–Kier alpha value is -1.38. The Labute approximate surface area is 88.5 Å². The van der Waals surface area contributed by atoms with Gasteiger partial charge in [0.2, 0.25) is 0 Å². The normalized spacial score (nSPS) is 17.2. The second kappa shape index (κ2) is 3.65. The van der Waals surface area contributed by atoms with Gasteiger partial charge in [-0.05, 0) is 31.4 Å². The third kappa shape index (κ3) is 2.01. The highest BCUT2D eigenvalue weighted by molar-refractivity contribution is 5.96. The van der Waals surface area contributed by atoms with Crippen LogP contribution in [0.1, 0.15) is 28.8 Å². The van der Waals surface area contributed by atoms with E-state index in [1.165, 1.54) is 0 Å². The monoisotopic (exact) mass is 207 g/mol. The van der Waals surface area contributed by atoms with Crippen LogP contribution in [0.25, 0.3) is 0 Å². The van der Waals surface area contributed by atoms with Gasteiger partial charge in [-0.1, -0.05) is 18.2 Å². The number of aryl methyl sites for hydroxylation is 1. The van der Waals surface area contributed by atoms with Crippen LogP contribution in [0.5, 0.6) is 0 Å². The lowest BCUT2D eigenvalue weighted by Crippen LogP contribution is -2.38. The second-order valence-corrected chi connectivity index (χ2v) is 4.18. The molecule has 1 saturated carbocycles. The highest BCUT2D eigenvalue weighted by Gasteiger charge is 2.44. The minimum atomic E-state index is -0.556. The van der Waals surface area contributed by atoms with E-state index in [1.807, 2.05) is 25.1 Å². The Morgan fingerprint density at radius 3 is 2.67 bits per heavy atom. The molecule has 1 aliphatic rings. The second-order valence-electron chi connectivity index (χ2n) is 4.18. The molecule has 2 nitrogen and oxygen atoms in total. The molecule has 2 rings (SSSR count). The van der Waals surface area contributed by atoms with Gasteiger partial charge in [-0.3, -0.25) is 4.79 Å². The standard InChI is InChI=1S/C12H14FNO/c1-9-4-2-3-5-10(9)11(15)14-12(8-13)6-7-12/h2-5H,6-8H2,1H3,(H,14,15). The van der Waals surface area contributed by atoms with E-state index in [-0.39, 0.29) is 5.91 Å². The molecule has 0 saturated heterocycles. The molecule has 0 radical (unpaired) electrons. The molecule has 0 unspecified atom stereocenters. The van der Waals surface area contributed by atoms with Crippen molar-refractivity contribution >= 4 is 5.91 Å². The Morgan fingerprint density at radius 1 is 1.47 bits per heavy atom. The van der Waals surface area contributed by atoms with Crippen molar-refractivity contribution in [3.05, 3.63) is 35.4 Å². The summed E-state index contributed by atoms with van der Waals surface area (Å²) < 4.78 is 12.6. The first kappa shape index (κ1) is 10.1. The first-order valence-corrected chi connectivity index (χ1v) is 5.11. The molecule has 1 N–H and O–H groups in total. The molecule has 0 heterocycles. The molecule has 0 aliphatic heterocycles. The molecule has 0 atom stereocenters. The maximum atomic E-state index is 12.6. The van der Waals surface area contributed by atoms with E-state index in [2.05, 4.69) is 5.32 Å². The number of carbonyl (C=O) groups excluding carboxylic acids is 1. The number of rotatable bonds is 3. The van der Waals surface area contributed by atoms with Crippen molar-refractivity contribution in [1.29, 1.82) is 0 Å². The molecule has 1 aromatic carbocycles. The average molecular weight is 207 g/mol. The number of hydrogen-bond acceptors (Lipinski definition) is 1. The fraction of sp³-hybridized carbons (Fsp3) is 0.417. The predicted octanol–water partition coefficient (Wildman–Crippen LogP) is 2.23. The Balaban J connectivity index is 2.12. The number of hydrogen-bond donors (Lipinski definition) is 1. The molecule has 1 aromatic rings. The van der Waals surface area contributed by atoms with Gasteiger partial charge in [-0.15, -0.1) is 0 Å². The zero-order valence-corrected chi connectivity index (χ0v) is 8.72. The van der Waals surface area contributed by atoms with Crippen LogP contribution in [-0.4, -0.2) is 18.1 Å². The van der Waals surface area contributed by atoms with Crippen molar-refractivity contribution in [2.45, 2.75) is 25.3 Å². The molecule has 0 aromatic heterocycles. The zero-order valence-electron chi connectivity index (χ0n) is 8.72. The van der Waals surface area contributed by atoms with Crippen LogP contribution < -0.4 is 5.32 Å². The van der Waals surface area contributed by atoms with Gasteiger partial charge in [0.1, 0.15) is 6.67 Å². The van der Waals surface area contributed by atoms with Gasteiger partial charge in [0.25, 0.3) is 5.91 Å². The molecule has 0 spiro atoms. The third-order valence-corrected chi connectivity index (χ3v) is 2.88. The van der Waals surface area contributed by atoms with Gasteiger partial charge in [-0.2, -0.15) is 0 Å². The molecule has 1 amide bonds. The summed E-state index contributed by atoms with van der Waals surface area (Å²) in [7, 11) is 0. The summed E-state index contributed by atoms with van der Waals surface area (Å²) in [5, 5.41) is 2.76. The lowest BCUT2D eigenvalue weighted by molar-refractivity contribution is 0.0923. The van der Waals surface area contributed by atoms with E-state index in [0.29, 0.717) is 5.56 Å². The summed E-state index contributed by atoms with van der Waals surface area (Å²) >= 11 is 0. The minimum Gasteiger partial charge on any atom is -0.344 e. The van der Waals surface area contributed by atoms with Gasteiger partial charge in [0, 0.05) is 5.56 Å².